The molecule has 1 aromatic heterocycles. The van der Waals surface area contributed by atoms with Gasteiger partial charge in [0.1, 0.15) is 0 Å². The van der Waals surface area contributed by atoms with E-state index in [1.807, 2.05) is 10.8 Å². The molecule has 0 spiro atoms. The summed E-state index contributed by atoms with van der Waals surface area (Å²) in [6, 6.07) is 0. The Morgan fingerprint density at radius 3 is 2.55 bits per heavy atom. The molecule has 0 aliphatic carbocycles. The Morgan fingerprint density at radius 1 is 1.82 bits per heavy atom. The molecular weight excluding hydrogens is 150 g/mol. The van der Waals surface area contributed by atoms with Crippen LogP contribution in [0, 0.1) is 10.1 Å². The van der Waals surface area contributed by atoms with E-state index >= 15 is 0 Å². The van der Waals surface area contributed by atoms with E-state index in [-0.39, 0.29) is 0 Å². The van der Waals surface area contributed by atoms with Crippen LogP contribution in [0.15, 0.2) is 18.7 Å². The van der Waals surface area contributed by atoms with Gasteiger partial charge in [-0.3, -0.25) is 0 Å². The number of aryl methyl sites for hydroxylation is 1. The third-order valence-corrected chi connectivity index (χ3v) is 0.924. The highest BCUT2D eigenvalue weighted by Gasteiger charge is 1.77. The van der Waals surface area contributed by atoms with Crippen molar-refractivity contribution in [3.63, 3.8) is 0 Å². The van der Waals surface area contributed by atoms with Crippen molar-refractivity contribution in [3.05, 3.63) is 28.8 Å². The Balaban J connectivity index is 0.000000218. The van der Waals surface area contributed by atoms with Crippen molar-refractivity contribution in [2.75, 3.05) is 0 Å². The Bertz CT molecular complexity index is 193. The molecule has 0 atom stereocenters. The molecule has 1 heterocycles. The number of aromatic nitrogens is 2. The number of nitrogens with zero attached hydrogens (tertiary/aromatic N) is 3. The molecule has 62 valence electrons. The smallest absolute Gasteiger partial charge is 0.291 e. The molecule has 1 rings (SSSR count). The summed E-state index contributed by atoms with van der Waals surface area (Å²) in [5.74, 6) is 0. The average molecular weight is 159 g/mol. The third-order valence-electron chi connectivity index (χ3n) is 0.924. The molecule has 1 aromatic rings. The number of hydrogen-bond acceptors (Lipinski definition) is 3. The van der Waals surface area contributed by atoms with E-state index in [1.54, 1.807) is 12.5 Å². The molecule has 0 unspecified atom stereocenters. The zero-order valence-electron chi connectivity index (χ0n) is 6.04. The van der Waals surface area contributed by atoms with Crippen LogP contribution >= 0.6 is 0 Å². The second-order valence-corrected chi connectivity index (χ2v) is 1.63. The lowest BCUT2D eigenvalue weighted by Gasteiger charge is -1.87. The summed E-state index contributed by atoms with van der Waals surface area (Å²) in [6.07, 6.45) is 5.53. The maximum atomic E-state index is 8.36. The van der Waals surface area contributed by atoms with E-state index in [9.17, 15) is 0 Å². The molecule has 11 heavy (non-hydrogen) atoms. The normalized spacial score (nSPS) is 8.09. The monoisotopic (exact) mass is 159 g/mol. The Kier molecular flexibility index (Phi) is 4.46. The largest absolute Gasteiger partial charge is 0.338 e. The van der Waals surface area contributed by atoms with Crippen molar-refractivity contribution in [1.29, 1.82) is 0 Å². The van der Waals surface area contributed by atoms with E-state index in [0.29, 0.717) is 0 Å². The van der Waals surface area contributed by atoms with Gasteiger partial charge in [-0.2, -0.15) is 0 Å². The van der Waals surface area contributed by atoms with E-state index < -0.39 is 5.09 Å². The first-order chi connectivity index (χ1) is 5.16. The number of hydrogen-bond donors (Lipinski definition) is 1. The summed E-state index contributed by atoms with van der Waals surface area (Å²) in [5.41, 5.74) is 0. The first kappa shape index (κ1) is 9.41. The zero-order chi connectivity index (χ0) is 8.69. The summed E-state index contributed by atoms with van der Waals surface area (Å²) >= 11 is 0. The van der Waals surface area contributed by atoms with Crippen LogP contribution in [0.25, 0.3) is 0 Å². The highest BCUT2D eigenvalue weighted by Crippen LogP contribution is 1.81. The van der Waals surface area contributed by atoms with E-state index in [4.69, 9.17) is 15.3 Å². The minimum absolute atomic E-state index is 1.01. The zero-order valence-corrected chi connectivity index (χ0v) is 6.04. The molecule has 0 aromatic carbocycles. The molecule has 6 nitrogen and oxygen atoms in total. The maximum Gasteiger partial charge on any atom is 0.291 e. The van der Waals surface area contributed by atoms with Crippen LogP contribution in [-0.4, -0.2) is 19.8 Å². The highest BCUT2D eigenvalue weighted by atomic mass is 16.9. The minimum Gasteiger partial charge on any atom is -0.338 e. The van der Waals surface area contributed by atoms with Gasteiger partial charge in [-0.25, -0.2) is 4.98 Å². The van der Waals surface area contributed by atoms with Gasteiger partial charge in [-0.1, -0.05) is 0 Å². The van der Waals surface area contributed by atoms with Gasteiger partial charge >= 0.3 is 0 Å². The van der Waals surface area contributed by atoms with Crippen LogP contribution in [0.2, 0.25) is 0 Å². The van der Waals surface area contributed by atoms with Gasteiger partial charge in [0.25, 0.3) is 5.09 Å². The fourth-order valence-corrected chi connectivity index (χ4v) is 0.474. The Hall–Kier alpha value is -1.59. The summed E-state index contributed by atoms with van der Waals surface area (Å²) in [4.78, 5) is 12.2. The van der Waals surface area contributed by atoms with Crippen LogP contribution in [0.5, 0.6) is 0 Å². The molecule has 0 amide bonds. The predicted octanol–water partition coefficient (Wildman–Crippen LogP) is 0.555. The van der Waals surface area contributed by atoms with Gasteiger partial charge in [0.05, 0.1) is 6.33 Å². The first-order valence-electron chi connectivity index (χ1n) is 2.95. The fourth-order valence-electron chi connectivity index (χ4n) is 0.474. The Labute approximate surface area is 63.2 Å². The van der Waals surface area contributed by atoms with Crippen molar-refractivity contribution in [2.24, 2.45) is 0 Å². The van der Waals surface area contributed by atoms with Gasteiger partial charge in [-0.05, 0) is 6.92 Å². The van der Waals surface area contributed by atoms with Gasteiger partial charge in [0, 0.05) is 18.9 Å². The molecule has 0 saturated heterocycles. The fraction of sp³-hybridized carbons (Fsp3) is 0.400. The summed E-state index contributed by atoms with van der Waals surface area (Å²) in [7, 11) is 0. The molecule has 0 bridgehead atoms. The lowest BCUT2D eigenvalue weighted by Crippen LogP contribution is -1.85. The molecule has 0 aliphatic rings. The lowest BCUT2D eigenvalue weighted by atomic mass is 10.7. The third kappa shape index (κ3) is 6.29. The molecule has 0 aliphatic heterocycles. The van der Waals surface area contributed by atoms with Crippen LogP contribution in [0.4, 0.5) is 0 Å². The minimum atomic E-state index is -1.50. The van der Waals surface area contributed by atoms with E-state index in [2.05, 4.69) is 11.9 Å². The molecule has 6 heteroatoms. The van der Waals surface area contributed by atoms with Gasteiger partial charge in [-0.15, -0.1) is 10.1 Å². The van der Waals surface area contributed by atoms with Crippen LogP contribution in [-0.2, 0) is 6.54 Å². The van der Waals surface area contributed by atoms with Crippen molar-refractivity contribution < 1.29 is 10.3 Å². The second kappa shape index (κ2) is 5.21. The lowest BCUT2D eigenvalue weighted by molar-refractivity contribution is -0.742. The van der Waals surface area contributed by atoms with E-state index in [1.165, 1.54) is 0 Å². The standard InChI is InChI=1S/C5H8N2.HNO3/c1-2-7-4-3-6-5-7;2-1(3)4/h3-5H,2H2,1H3;(H,2,3,4). The molecule has 1 N–H and O–H groups in total. The summed E-state index contributed by atoms with van der Waals surface area (Å²) in [5, 5.41) is 13.6. The molecule has 0 saturated carbocycles. The summed E-state index contributed by atoms with van der Waals surface area (Å²) in [6.45, 7) is 3.10. The van der Waals surface area contributed by atoms with Gasteiger partial charge in [0.15, 0.2) is 0 Å². The number of rotatable bonds is 1. The first-order valence-corrected chi connectivity index (χ1v) is 2.95. The second-order valence-electron chi connectivity index (χ2n) is 1.63. The average Bonchev–Trinajstić information content (AvgIpc) is 2.36. The maximum absolute atomic E-state index is 8.36. The topological polar surface area (TPSA) is 81.2 Å². The van der Waals surface area contributed by atoms with E-state index in [0.717, 1.165) is 6.54 Å². The van der Waals surface area contributed by atoms with Crippen LogP contribution < -0.4 is 0 Å². The predicted molar refractivity (Wildman–Crippen MR) is 36.7 cm³/mol. The Morgan fingerprint density at radius 2 is 2.36 bits per heavy atom. The van der Waals surface area contributed by atoms with Crippen LogP contribution in [0.1, 0.15) is 6.92 Å². The number of imidazole rings is 1. The molecule has 0 fully saturated rings. The molecule has 0 radical (unpaired) electrons. The van der Waals surface area contributed by atoms with Crippen molar-refractivity contribution in [1.82, 2.24) is 9.55 Å². The van der Waals surface area contributed by atoms with Crippen molar-refractivity contribution in [2.45, 2.75) is 13.5 Å². The van der Waals surface area contributed by atoms with Crippen LogP contribution in [0.3, 0.4) is 0 Å². The molecular formula is C5H9N3O3. The van der Waals surface area contributed by atoms with Crippen molar-refractivity contribution >= 4 is 0 Å². The quantitative estimate of drug-likeness (QED) is 0.479. The highest BCUT2D eigenvalue weighted by molar-refractivity contribution is 4.72. The SMILES string of the molecule is CCn1ccnc1.O=[N+]([O-])O. The summed E-state index contributed by atoms with van der Waals surface area (Å²) < 4.78 is 2.01. The van der Waals surface area contributed by atoms with Crippen molar-refractivity contribution in [3.8, 4) is 0 Å². The van der Waals surface area contributed by atoms with Gasteiger partial charge < -0.3 is 9.77 Å². The van der Waals surface area contributed by atoms with Gasteiger partial charge in [0.2, 0.25) is 0 Å².